The Morgan fingerprint density at radius 1 is 1.67 bits per heavy atom. The fraction of sp³-hybridized carbons (Fsp3) is 0.462. The van der Waals surface area contributed by atoms with E-state index in [0.717, 1.165) is 9.75 Å². The number of nitrogens with two attached hydrogens (primary N) is 1. The predicted octanol–water partition coefficient (Wildman–Crippen LogP) is 0.919. The second kappa shape index (κ2) is 6.01. The number of carbonyl (C=O) groups excluding carboxylic acids is 1. The first kappa shape index (κ1) is 13.1. The van der Waals surface area contributed by atoms with Gasteiger partial charge in [0.15, 0.2) is 0 Å². The molecule has 0 spiro atoms. The van der Waals surface area contributed by atoms with Crippen molar-refractivity contribution in [1.82, 2.24) is 4.90 Å². The van der Waals surface area contributed by atoms with Crippen molar-refractivity contribution in [3.8, 4) is 11.8 Å². The molecule has 1 aliphatic heterocycles. The summed E-state index contributed by atoms with van der Waals surface area (Å²) in [4.78, 5) is 15.7. The fourth-order valence-electron chi connectivity index (χ4n) is 1.82. The number of thiophene rings is 1. The summed E-state index contributed by atoms with van der Waals surface area (Å²) in [6, 6.07) is 3.69. The quantitative estimate of drug-likeness (QED) is 0.767. The van der Waals surface area contributed by atoms with Crippen LogP contribution in [0.1, 0.15) is 21.5 Å². The van der Waals surface area contributed by atoms with Crippen LogP contribution in [0.25, 0.3) is 0 Å². The highest BCUT2D eigenvalue weighted by Gasteiger charge is 2.23. The summed E-state index contributed by atoms with van der Waals surface area (Å²) in [5, 5.41) is 0. The van der Waals surface area contributed by atoms with Crippen LogP contribution in [-0.2, 0) is 4.74 Å². The van der Waals surface area contributed by atoms with Gasteiger partial charge in [0.2, 0.25) is 0 Å². The van der Waals surface area contributed by atoms with E-state index in [2.05, 4.69) is 11.8 Å². The van der Waals surface area contributed by atoms with Crippen LogP contribution in [0.15, 0.2) is 12.1 Å². The molecule has 1 amide bonds. The van der Waals surface area contributed by atoms with Crippen molar-refractivity contribution in [3.05, 3.63) is 21.9 Å². The van der Waals surface area contributed by atoms with Gasteiger partial charge in [-0.2, -0.15) is 0 Å². The topological polar surface area (TPSA) is 55.6 Å². The van der Waals surface area contributed by atoms with Gasteiger partial charge in [-0.3, -0.25) is 4.79 Å². The molecule has 1 aromatic heterocycles. The third-order valence-electron chi connectivity index (χ3n) is 2.66. The maximum atomic E-state index is 12.2. The Balaban J connectivity index is 2.06. The first-order chi connectivity index (χ1) is 8.70. The van der Waals surface area contributed by atoms with E-state index >= 15 is 0 Å². The van der Waals surface area contributed by atoms with E-state index in [1.54, 1.807) is 0 Å². The number of hydrogen-bond acceptors (Lipinski definition) is 4. The third kappa shape index (κ3) is 3.10. The lowest BCUT2D eigenvalue weighted by molar-refractivity contribution is -0.0122. The second-order valence-corrected chi connectivity index (χ2v) is 5.19. The first-order valence-electron chi connectivity index (χ1n) is 5.90. The lowest BCUT2D eigenvalue weighted by atomic mass is 10.3. The van der Waals surface area contributed by atoms with E-state index in [0.29, 0.717) is 26.2 Å². The maximum absolute atomic E-state index is 12.2. The third-order valence-corrected chi connectivity index (χ3v) is 3.65. The van der Waals surface area contributed by atoms with Gasteiger partial charge in [-0.15, -0.1) is 11.3 Å². The van der Waals surface area contributed by atoms with Gasteiger partial charge in [0.1, 0.15) is 0 Å². The monoisotopic (exact) mass is 264 g/mol. The van der Waals surface area contributed by atoms with Gasteiger partial charge in [0.25, 0.3) is 5.91 Å². The van der Waals surface area contributed by atoms with Gasteiger partial charge in [0.05, 0.1) is 29.0 Å². The SMILES string of the molecule is CC1CN(C(=O)c2ccc(C#CCN)s2)CCO1. The first-order valence-corrected chi connectivity index (χ1v) is 6.72. The summed E-state index contributed by atoms with van der Waals surface area (Å²) in [6.07, 6.45) is 0.110. The number of morpholine rings is 1. The molecular formula is C13H16N2O2S. The Labute approximate surface area is 111 Å². The van der Waals surface area contributed by atoms with E-state index in [9.17, 15) is 4.79 Å². The van der Waals surface area contributed by atoms with Crippen LogP contribution in [-0.4, -0.2) is 43.2 Å². The molecule has 0 aromatic carbocycles. The molecule has 1 fully saturated rings. The number of ether oxygens (including phenoxy) is 1. The normalized spacial score (nSPS) is 19.2. The van der Waals surface area contributed by atoms with Crippen LogP contribution >= 0.6 is 11.3 Å². The minimum atomic E-state index is 0.0657. The number of amides is 1. The molecule has 1 aliphatic rings. The summed E-state index contributed by atoms with van der Waals surface area (Å²) < 4.78 is 5.43. The molecule has 1 atom stereocenters. The van der Waals surface area contributed by atoms with Crippen LogP contribution in [0, 0.1) is 11.8 Å². The summed E-state index contributed by atoms with van der Waals surface area (Å²) in [6.45, 7) is 4.23. The summed E-state index contributed by atoms with van der Waals surface area (Å²) in [5.41, 5.74) is 5.32. The smallest absolute Gasteiger partial charge is 0.264 e. The highest BCUT2D eigenvalue weighted by molar-refractivity contribution is 7.14. The molecule has 1 aromatic rings. The van der Waals surface area contributed by atoms with Crippen LogP contribution in [0.2, 0.25) is 0 Å². The summed E-state index contributed by atoms with van der Waals surface area (Å²) in [7, 11) is 0. The van der Waals surface area contributed by atoms with E-state index in [4.69, 9.17) is 10.5 Å². The minimum Gasteiger partial charge on any atom is -0.375 e. The Bertz CT molecular complexity index is 487. The highest BCUT2D eigenvalue weighted by atomic mass is 32.1. The molecule has 0 bridgehead atoms. The molecule has 4 nitrogen and oxygen atoms in total. The number of hydrogen-bond donors (Lipinski definition) is 1. The molecular weight excluding hydrogens is 248 g/mol. The minimum absolute atomic E-state index is 0.0657. The molecule has 1 saturated heterocycles. The molecule has 5 heteroatoms. The number of nitrogens with zero attached hydrogens (tertiary/aromatic N) is 1. The van der Waals surface area contributed by atoms with Gasteiger partial charge < -0.3 is 15.4 Å². The molecule has 0 saturated carbocycles. The van der Waals surface area contributed by atoms with Crippen molar-refractivity contribution in [1.29, 1.82) is 0 Å². The van der Waals surface area contributed by atoms with Crippen LogP contribution in [0.4, 0.5) is 0 Å². The number of carbonyl (C=O) groups is 1. The Hall–Kier alpha value is -1.35. The summed E-state index contributed by atoms with van der Waals surface area (Å²) in [5.74, 6) is 5.79. The molecule has 1 unspecified atom stereocenters. The molecule has 18 heavy (non-hydrogen) atoms. The van der Waals surface area contributed by atoms with E-state index in [-0.39, 0.29) is 12.0 Å². The molecule has 2 rings (SSSR count). The maximum Gasteiger partial charge on any atom is 0.264 e. The van der Waals surface area contributed by atoms with Gasteiger partial charge in [-0.1, -0.05) is 11.8 Å². The fourth-order valence-corrected chi connectivity index (χ4v) is 2.67. The molecule has 0 aliphatic carbocycles. The zero-order valence-electron chi connectivity index (χ0n) is 10.3. The average molecular weight is 264 g/mol. The zero-order valence-corrected chi connectivity index (χ0v) is 11.1. The van der Waals surface area contributed by atoms with Crippen molar-refractivity contribution in [2.45, 2.75) is 13.0 Å². The van der Waals surface area contributed by atoms with Crippen molar-refractivity contribution in [2.24, 2.45) is 5.73 Å². The van der Waals surface area contributed by atoms with Gasteiger partial charge in [-0.05, 0) is 19.1 Å². The van der Waals surface area contributed by atoms with Crippen LogP contribution < -0.4 is 5.73 Å². The van der Waals surface area contributed by atoms with Crippen molar-refractivity contribution < 1.29 is 9.53 Å². The van der Waals surface area contributed by atoms with Crippen molar-refractivity contribution >= 4 is 17.2 Å². The number of rotatable bonds is 1. The van der Waals surface area contributed by atoms with Crippen molar-refractivity contribution in [2.75, 3.05) is 26.2 Å². The zero-order chi connectivity index (χ0) is 13.0. The molecule has 2 heterocycles. The molecule has 0 radical (unpaired) electrons. The highest BCUT2D eigenvalue weighted by Crippen LogP contribution is 2.19. The summed E-state index contributed by atoms with van der Waals surface area (Å²) >= 11 is 1.41. The Morgan fingerprint density at radius 3 is 3.22 bits per heavy atom. The Morgan fingerprint density at radius 2 is 2.50 bits per heavy atom. The Kier molecular flexibility index (Phi) is 4.37. The predicted molar refractivity (Wildman–Crippen MR) is 71.6 cm³/mol. The van der Waals surface area contributed by atoms with Gasteiger partial charge in [-0.25, -0.2) is 0 Å². The van der Waals surface area contributed by atoms with Gasteiger partial charge >= 0.3 is 0 Å². The lowest BCUT2D eigenvalue weighted by Crippen LogP contribution is -2.44. The van der Waals surface area contributed by atoms with E-state index in [1.165, 1.54) is 11.3 Å². The lowest BCUT2D eigenvalue weighted by Gasteiger charge is -2.30. The average Bonchev–Trinajstić information content (AvgIpc) is 2.84. The van der Waals surface area contributed by atoms with Crippen molar-refractivity contribution in [3.63, 3.8) is 0 Å². The largest absolute Gasteiger partial charge is 0.375 e. The molecule has 96 valence electrons. The van der Waals surface area contributed by atoms with E-state index < -0.39 is 0 Å². The van der Waals surface area contributed by atoms with Gasteiger partial charge in [0, 0.05) is 13.1 Å². The van der Waals surface area contributed by atoms with Crippen LogP contribution in [0.3, 0.4) is 0 Å². The second-order valence-electron chi connectivity index (χ2n) is 4.10. The van der Waals surface area contributed by atoms with Crippen LogP contribution in [0.5, 0.6) is 0 Å². The van der Waals surface area contributed by atoms with E-state index in [1.807, 2.05) is 24.0 Å². The standard InChI is InChI=1S/C13H16N2O2S/c1-10-9-15(7-8-17-10)13(16)12-5-4-11(18-12)3-2-6-14/h4-5,10H,6-9,14H2,1H3. The molecule has 2 N–H and O–H groups in total.